The molecule has 2 rings (SSSR count). The summed E-state index contributed by atoms with van der Waals surface area (Å²) in [5.74, 6) is -8.66. The van der Waals surface area contributed by atoms with E-state index in [1.807, 2.05) is 0 Å². The van der Waals surface area contributed by atoms with Crippen LogP contribution in [-0.2, 0) is 0 Å². The minimum absolute atomic E-state index is 0.240. The molecule has 0 unspecified atom stereocenters. The molecule has 0 bridgehead atoms. The van der Waals surface area contributed by atoms with E-state index in [0.717, 1.165) is 0 Å². The zero-order valence-electron chi connectivity index (χ0n) is 20.8. The highest BCUT2D eigenvalue weighted by atomic mass is 19.3. The maximum absolute atomic E-state index is 12.7. The number of halogens is 8. The van der Waals surface area contributed by atoms with Crippen LogP contribution in [0.15, 0.2) is 84.0 Å². The molecule has 0 saturated heterocycles. The summed E-state index contributed by atoms with van der Waals surface area (Å²) < 4.78 is 98.6. The van der Waals surface area contributed by atoms with E-state index in [1.54, 1.807) is 60.7 Å². The highest BCUT2D eigenvalue weighted by Crippen LogP contribution is 2.30. The van der Waals surface area contributed by atoms with Crippen LogP contribution in [0, 0.1) is 0 Å². The van der Waals surface area contributed by atoms with Crippen molar-refractivity contribution in [3.63, 3.8) is 0 Å². The lowest BCUT2D eigenvalue weighted by atomic mass is 10.0. The topological polar surface area (TPSA) is 34.1 Å². The van der Waals surface area contributed by atoms with Crippen LogP contribution in [-0.4, -0.2) is 36.3 Å². The zero-order valence-corrected chi connectivity index (χ0v) is 20.8. The Balaban J connectivity index is 0.000000380. The Bertz CT molecular complexity index is 991. The second kappa shape index (κ2) is 15.2. The summed E-state index contributed by atoms with van der Waals surface area (Å²) in [5.41, 5.74) is 1.58. The van der Waals surface area contributed by atoms with Crippen LogP contribution in [0.4, 0.5) is 35.1 Å². The Morgan fingerprint density at radius 2 is 0.921 bits per heavy atom. The van der Waals surface area contributed by atoms with E-state index in [9.17, 15) is 44.7 Å². The van der Waals surface area contributed by atoms with Gasteiger partial charge in [-0.05, 0) is 38.8 Å². The average Bonchev–Trinajstić information content (AvgIpc) is 2.87. The van der Waals surface area contributed by atoms with Gasteiger partial charge in [0.1, 0.15) is 0 Å². The molecule has 0 saturated carbocycles. The summed E-state index contributed by atoms with van der Waals surface area (Å²) in [6.07, 6.45) is -7.35. The number of alkyl halides is 8. The summed E-state index contributed by atoms with van der Waals surface area (Å²) in [4.78, 5) is 23.4. The van der Waals surface area contributed by atoms with Crippen molar-refractivity contribution in [3.8, 4) is 0 Å². The van der Waals surface area contributed by atoms with E-state index in [0.29, 0.717) is 22.3 Å². The largest absolute Gasteiger partial charge is 0.307 e. The van der Waals surface area contributed by atoms with Crippen molar-refractivity contribution in [3.05, 3.63) is 95.1 Å². The Hall–Kier alpha value is -3.30. The monoisotopic (exact) mass is 548 g/mol. The highest BCUT2D eigenvalue weighted by Gasteiger charge is 2.40. The molecule has 0 aliphatic rings. The minimum atomic E-state index is -4.01. The molecule has 0 atom stereocenters. The smallest absolute Gasteiger partial charge is 0.289 e. The zero-order chi connectivity index (χ0) is 28.9. The number of ketones is 2. The van der Waals surface area contributed by atoms with E-state index in [2.05, 4.69) is 0 Å². The Labute approximate surface area is 216 Å². The molecule has 2 aromatic rings. The maximum Gasteiger partial charge on any atom is 0.307 e. The van der Waals surface area contributed by atoms with Crippen molar-refractivity contribution in [2.24, 2.45) is 0 Å². The molecule has 0 N–H and O–H groups in total. The van der Waals surface area contributed by atoms with Crippen LogP contribution in [0.25, 0.3) is 0 Å². The molecule has 208 valence electrons. The first-order valence-corrected chi connectivity index (χ1v) is 11.5. The van der Waals surface area contributed by atoms with Crippen molar-refractivity contribution >= 4 is 11.6 Å². The van der Waals surface area contributed by atoms with E-state index < -0.39 is 37.5 Å². The molecular weight excluding hydrogens is 520 g/mol. The summed E-state index contributed by atoms with van der Waals surface area (Å²) in [5, 5.41) is 0. The third-order valence-corrected chi connectivity index (χ3v) is 5.22. The SMILES string of the molecule is CC(=CC(=O)c1ccccc1)CCC(F)(F)C(F)F.CC(=CC(=O)c1ccccc1)CCC(F)(F)C(F)F. The molecule has 0 heterocycles. The van der Waals surface area contributed by atoms with Gasteiger partial charge in [0.05, 0.1) is 0 Å². The number of hydrogen-bond acceptors (Lipinski definition) is 2. The van der Waals surface area contributed by atoms with E-state index in [4.69, 9.17) is 0 Å². The molecule has 0 aliphatic heterocycles. The van der Waals surface area contributed by atoms with Crippen molar-refractivity contribution < 1.29 is 44.7 Å². The van der Waals surface area contributed by atoms with Gasteiger partial charge in [0.25, 0.3) is 0 Å². The molecule has 10 heteroatoms. The first kappa shape index (κ1) is 32.7. The molecule has 0 fully saturated rings. The first-order valence-electron chi connectivity index (χ1n) is 11.5. The van der Waals surface area contributed by atoms with Crippen LogP contribution >= 0.6 is 0 Å². The van der Waals surface area contributed by atoms with Gasteiger partial charge in [0.2, 0.25) is 0 Å². The standard InChI is InChI=1S/2C14H14F4O/c2*1-10(7-8-14(17,18)13(15)16)9-12(19)11-5-3-2-4-6-11/h2*2-6,9,13H,7-8H2,1H3. The lowest BCUT2D eigenvalue weighted by Crippen LogP contribution is -2.26. The molecule has 0 aromatic heterocycles. The minimum Gasteiger partial charge on any atom is -0.289 e. The Morgan fingerprint density at radius 1 is 0.632 bits per heavy atom. The molecule has 38 heavy (non-hydrogen) atoms. The lowest BCUT2D eigenvalue weighted by molar-refractivity contribution is -0.132. The predicted molar refractivity (Wildman–Crippen MR) is 129 cm³/mol. The van der Waals surface area contributed by atoms with E-state index in [-0.39, 0.29) is 24.4 Å². The third-order valence-electron chi connectivity index (χ3n) is 5.22. The number of carbonyl (C=O) groups excluding carboxylic acids is 2. The van der Waals surface area contributed by atoms with Gasteiger partial charge in [-0.15, -0.1) is 0 Å². The van der Waals surface area contributed by atoms with Gasteiger partial charge < -0.3 is 0 Å². The highest BCUT2D eigenvalue weighted by molar-refractivity contribution is 6.05. The fourth-order valence-electron chi connectivity index (χ4n) is 2.91. The molecule has 0 spiro atoms. The van der Waals surface area contributed by atoms with Crippen molar-refractivity contribution in [2.45, 2.75) is 64.2 Å². The van der Waals surface area contributed by atoms with Gasteiger partial charge in [0, 0.05) is 24.0 Å². The molecule has 0 amide bonds. The molecule has 2 nitrogen and oxygen atoms in total. The molecule has 2 aromatic carbocycles. The van der Waals surface area contributed by atoms with Gasteiger partial charge in [-0.3, -0.25) is 9.59 Å². The quantitative estimate of drug-likeness (QED) is 0.151. The molecular formula is C28H28F8O2. The summed E-state index contributed by atoms with van der Waals surface area (Å²) >= 11 is 0. The third kappa shape index (κ3) is 11.8. The average molecular weight is 549 g/mol. The maximum atomic E-state index is 12.7. The second-order valence-electron chi connectivity index (χ2n) is 8.57. The molecule has 0 radical (unpaired) electrons. The summed E-state index contributed by atoms with van der Waals surface area (Å²) in [7, 11) is 0. The van der Waals surface area contributed by atoms with Crippen molar-refractivity contribution in [1.29, 1.82) is 0 Å². The van der Waals surface area contributed by atoms with Gasteiger partial charge in [-0.25, -0.2) is 35.1 Å². The lowest BCUT2D eigenvalue weighted by Gasteiger charge is -2.14. The van der Waals surface area contributed by atoms with Gasteiger partial charge in [0.15, 0.2) is 11.6 Å². The number of rotatable bonds is 12. The summed E-state index contributed by atoms with van der Waals surface area (Å²) in [6, 6.07) is 16.6. The first-order chi connectivity index (χ1) is 17.7. The van der Waals surface area contributed by atoms with E-state index >= 15 is 0 Å². The van der Waals surface area contributed by atoms with Crippen LogP contribution in [0.5, 0.6) is 0 Å². The number of hydrogen-bond donors (Lipinski definition) is 0. The Kier molecular flexibility index (Phi) is 13.1. The predicted octanol–water partition coefficient (Wildman–Crippen LogP) is 8.99. The van der Waals surface area contributed by atoms with Crippen LogP contribution in [0.3, 0.4) is 0 Å². The Morgan fingerprint density at radius 3 is 1.18 bits per heavy atom. The summed E-state index contributed by atoms with van der Waals surface area (Å²) in [6.45, 7) is 2.95. The second-order valence-corrected chi connectivity index (χ2v) is 8.57. The fourth-order valence-corrected chi connectivity index (χ4v) is 2.91. The van der Waals surface area contributed by atoms with Gasteiger partial charge in [-0.2, -0.15) is 0 Å². The van der Waals surface area contributed by atoms with Crippen LogP contribution in [0.2, 0.25) is 0 Å². The number of allylic oxidation sites excluding steroid dienone is 4. The number of carbonyl (C=O) groups is 2. The van der Waals surface area contributed by atoms with Gasteiger partial charge >= 0.3 is 24.7 Å². The number of benzene rings is 2. The van der Waals surface area contributed by atoms with Crippen LogP contribution < -0.4 is 0 Å². The molecule has 0 aliphatic carbocycles. The van der Waals surface area contributed by atoms with Crippen molar-refractivity contribution in [2.75, 3.05) is 0 Å². The fraction of sp³-hybridized carbons (Fsp3) is 0.357. The van der Waals surface area contributed by atoms with Crippen LogP contribution in [0.1, 0.15) is 60.2 Å². The van der Waals surface area contributed by atoms with Crippen molar-refractivity contribution in [1.82, 2.24) is 0 Å². The normalized spacial score (nSPS) is 12.8. The van der Waals surface area contributed by atoms with E-state index in [1.165, 1.54) is 26.0 Å². The van der Waals surface area contributed by atoms with Gasteiger partial charge in [-0.1, -0.05) is 71.8 Å².